The van der Waals surface area contributed by atoms with Gasteiger partial charge in [-0.2, -0.15) is 5.10 Å². The van der Waals surface area contributed by atoms with Crippen LogP contribution in [0.2, 0.25) is 0 Å². The molecule has 3 aromatic rings. The number of methoxy groups -OCH3 is 2. The Balaban J connectivity index is 1.81. The van der Waals surface area contributed by atoms with Crippen molar-refractivity contribution in [2.45, 2.75) is 39.7 Å². The average molecular weight is 509 g/mol. The van der Waals surface area contributed by atoms with E-state index in [1.54, 1.807) is 57.7 Å². The normalized spacial score (nSPS) is 12.5. The highest BCUT2D eigenvalue weighted by Gasteiger charge is 2.23. The number of hydrogen-bond acceptors (Lipinski definition) is 8. The molecule has 9 nitrogen and oxygen atoms in total. The highest BCUT2D eigenvalue weighted by Crippen LogP contribution is 2.40. The standard InChI is InChI=1S/C28H32N2O7/c1-5-7-10-30-27(22-9-8-21(33-3)14-23(22)31)20(16-29-30)12-19(28(32)35-6-2)11-18-13-25-26(37-17-36-25)15-24(18)34-4/h8-9,12-16,31H,5-7,10-11,17H2,1-4H3/b19-12+. The van der Waals surface area contributed by atoms with Crippen LogP contribution in [0.15, 0.2) is 42.1 Å². The fraction of sp³-hybridized carbons (Fsp3) is 0.357. The predicted octanol–water partition coefficient (Wildman–Crippen LogP) is 4.99. The summed E-state index contributed by atoms with van der Waals surface area (Å²) in [7, 11) is 3.11. The van der Waals surface area contributed by atoms with Crippen LogP contribution in [-0.2, 0) is 22.5 Å². The van der Waals surface area contributed by atoms with Crippen LogP contribution in [0.3, 0.4) is 0 Å². The summed E-state index contributed by atoms with van der Waals surface area (Å²) in [6, 6.07) is 8.70. The number of aromatic hydroxyl groups is 1. The minimum absolute atomic E-state index is 0.0578. The molecule has 37 heavy (non-hydrogen) atoms. The molecule has 0 fully saturated rings. The minimum Gasteiger partial charge on any atom is -0.507 e. The molecule has 1 N–H and O–H groups in total. The van der Waals surface area contributed by atoms with E-state index in [0.29, 0.717) is 51.9 Å². The van der Waals surface area contributed by atoms with E-state index in [4.69, 9.17) is 23.7 Å². The Labute approximate surface area is 216 Å². The zero-order chi connectivity index (χ0) is 26.4. The van der Waals surface area contributed by atoms with Crippen LogP contribution in [0.5, 0.6) is 28.7 Å². The van der Waals surface area contributed by atoms with Gasteiger partial charge in [-0.05, 0) is 37.6 Å². The summed E-state index contributed by atoms with van der Waals surface area (Å²) in [5, 5.41) is 15.4. The Morgan fingerprint density at radius 2 is 1.92 bits per heavy atom. The third kappa shape index (κ3) is 5.66. The second-order valence-electron chi connectivity index (χ2n) is 8.49. The van der Waals surface area contributed by atoms with E-state index in [1.807, 2.05) is 10.7 Å². The molecule has 2 heterocycles. The van der Waals surface area contributed by atoms with Crippen LogP contribution in [-0.4, -0.2) is 48.5 Å². The maximum atomic E-state index is 13.1. The van der Waals surface area contributed by atoms with Gasteiger partial charge in [-0.1, -0.05) is 13.3 Å². The van der Waals surface area contributed by atoms with Crippen LogP contribution in [0.25, 0.3) is 17.3 Å². The first-order chi connectivity index (χ1) is 18.0. The maximum absolute atomic E-state index is 13.1. The SMILES string of the molecule is CCCCn1ncc(/C=C(\Cc2cc3c(cc2OC)OCO3)C(=O)OCC)c1-c1ccc(OC)cc1O. The highest BCUT2D eigenvalue weighted by molar-refractivity contribution is 5.95. The third-order valence-electron chi connectivity index (χ3n) is 6.08. The van der Waals surface area contributed by atoms with Gasteiger partial charge >= 0.3 is 5.97 Å². The van der Waals surface area contributed by atoms with E-state index in [2.05, 4.69) is 12.0 Å². The molecule has 0 unspecified atom stereocenters. The quantitative estimate of drug-likeness (QED) is 0.286. The highest BCUT2D eigenvalue weighted by atomic mass is 16.7. The predicted molar refractivity (Wildman–Crippen MR) is 138 cm³/mol. The molecule has 0 radical (unpaired) electrons. The summed E-state index contributed by atoms with van der Waals surface area (Å²) in [6.07, 6.45) is 5.58. The Morgan fingerprint density at radius 3 is 2.59 bits per heavy atom. The summed E-state index contributed by atoms with van der Waals surface area (Å²) >= 11 is 0. The number of carbonyl (C=O) groups is 1. The van der Waals surface area contributed by atoms with Crippen LogP contribution in [0.4, 0.5) is 0 Å². The summed E-state index contributed by atoms with van der Waals surface area (Å²) in [6.45, 7) is 4.90. The molecule has 0 spiro atoms. The fourth-order valence-corrected chi connectivity index (χ4v) is 4.21. The zero-order valence-corrected chi connectivity index (χ0v) is 21.6. The van der Waals surface area contributed by atoms with Crippen molar-refractivity contribution in [3.05, 3.63) is 53.2 Å². The first-order valence-electron chi connectivity index (χ1n) is 12.3. The third-order valence-corrected chi connectivity index (χ3v) is 6.08. The summed E-state index contributed by atoms with van der Waals surface area (Å²) in [4.78, 5) is 13.1. The van der Waals surface area contributed by atoms with E-state index in [-0.39, 0.29) is 25.6 Å². The lowest BCUT2D eigenvalue weighted by molar-refractivity contribution is -0.138. The maximum Gasteiger partial charge on any atom is 0.334 e. The van der Waals surface area contributed by atoms with Crippen LogP contribution in [0.1, 0.15) is 37.8 Å². The van der Waals surface area contributed by atoms with Gasteiger partial charge in [0.05, 0.1) is 32.7 Å². The molecule has 4 rings (SSSR count). The second kappa shape index (κ2) is 11.7. The molecule has 0 atom stereocenters. The molecule has 196 valence electrons. The summed E-state index contributed by atoms with van der Waals surface area (Å²) in [5.41, 5.74) is 3.12. The lowest BCUT2D eigenvalue weighted by atomic mass is 9.99. The van der Waals surface area contributed by atoms with Crippen molar-refractivity contribution in [3.8, 4) is 40.0 Å². The number of carbonyl (C=O) groups excluding carboxylic acids is 1. The monoisotopic (exact) mass is 508 g/mol. The van der Waals surface area contributed by atoms with Gasteiger partial charge in [0.1, 0.15) is 17.2 Å². The molecular weight excluding hydrogens is 476 g/mol. The van der Waals surface area contributed by atoms with E-state index in [0.717, 1.165) is 18.4 Å². The molecule has 0 bridgehead atoms. The van der Waals surface area contributed by atoms with Crippen molar-refractivity contribution in [1.82, 2.24) is 9.78 Å². The van der Waals surface area contributed by atoms with Crippen molar-refractivity contribution in [2.75, 3.05) is 27.6 Å². The fourth-order valence-electron chi connectivity index (χ4n) is 4.21. The largest absolute Gasteiger partial charge is 0.507 e. The Kier molecular flexibility index (Phi) is 8.22. The first kappa shape index (κ1) is 25.9. The van der Waals surface area contributed by atoms with E-state index in [9.17, 15) is 9.90 Å². The van der Waals surface area contributed by atoms with Crippen molar-refractivity contribution >= 4 is 12.0 Å². The summed E-state index contributed by atoms with van der Waals surface area (Å²) in [5.74, 6) is 1.91. The lowest BCUT2D eigenvalue weighted by Gasteiger charge is -2.14. The van der Waals surface area contributed by atoms with Crippen molar-refractivity contribution in [2.24, 2.45) is 0 Å². The topological polar surface area (TPSA) is 101 Å². The van der Waals surface area contributed by atoms with Gasteiger partial charge in [-0.15, -0.1) is 0 Å². The Morgan fingerprint density at radius 1 is 1.14 bits per heavy atom. The number of esters is 1. The van der Waals surface area contributed by atoms with Crippen molar-refractivity contribution in [3.63, 3.8) is 0 Å². The molecule has 0 saturated heterocycles. The van der Waals surface area contributed by atoms with Gasteiger partial charge in [0, 0.05) is 47.4 Å². The molecule has 1 aromatic heterocycles. The van der Waals surface area contributed by atoms with Crippen LogP contribution < -0.4 is 18.9 Å². The summed E-state index contributed by atoms with van der Waals surface area (Å²) < 4.78 is 29.0. The molecule has 0 aliphatic carbocycles. The van der Waals surface area contributed by atoms with Crippen LogP contribution >= 0.6 is 0 Å². The number of hydrogen-bond donors (Lipinski definition) is 1. The minimum atomic E-state index is -0.451. The number of aromatic nitrogens is 2. The number of aryl methyl sites for hydroxylation is 1. The second-order valence-corrected chi connectivity index (χ2v) is 8.49. The molecule has 1 aliphatic heterocycles. The van der Waals surface area contributed by atoms with Gasteiger partial charge < -0.3 is 28.8 Å². The van der Waals surface area contributed by atoms with Gasteiger partial charge in [0.25, 0.3) is 0 Å². The van der Waals surface area contributed by atoms with Gasteiger partial charge in [0.15, 0.2) is 11.5 Å². The molecule has 9 heteroatoms. The van der Waals surface area contributed by atoms with Gasteiger partial charge in [-0.25, -0.2) is 4.79 Å². The van der Waals surface area contributed by atoms with Crippen molar-refractivity contribution in [1.29, 1.82) is 0 Å². The van der Waals surface area contributed by atoms with Gasteiger partial charge in [-0.3, -0.25) is 4.68 Å². The van der Waals surface area contributed by atoms with E-state index in [1.165, 1.54) is 0 Å². The number of benzene rings is 2. The van der Waals surface area contributed by atoms with Crippen molar-refractivity contribution < 1.29 is 33.6 Å². The number of fused-ring (bicyclic) bond motifs is 1. The number of phenols is 1. The van der Waals surface area contributed by atoms with E-state index >= 15 is 0 Å². The number of unbranched alkanes of at least 4 members (excludes halogenated alkanes) is 1. The smallest absolute Gasteiger partial charge is 0.334 e. The van der Waals surface area contributed by atoms with Gasteiger partial charge in [0.2, 0.25) is 6.79 Å². The first-order valence-corrected chi connectivity index (χ1v) is 12.3. The number of rotatable bonds is 11. The number of phenolic OH excluding ortho intramolecular Hbond substituents is 1. The zero-order valence-electron chi connectivity index (χ0n) is 21.6. The number of nitrogens with zero attached hydrogens (tertiary/aromatic N) is 2. The lowest BCUT2D eigenvalue weighted by Crippen LogP contribution is -2.10. The Hall–Kier alpha value is -4.14. The molecule has 1 aliphatic rings. The number of ether oxygens (including phenoxy) is 5. The molecule has 0 saturated carbocycles. The molecule has 2 aromatic carbocycles. The van der Waals surface area contributed by atoms with E-state index < -0.39 is 5.97 Å². The van der Waals surface area contributed by atoms with Crippen LogP contribution in [0, 0.1) is 0 Å². The Bertz CT molecular complexity index is 1300. The molecule has 0 amide bonds. The molecular formula is C28H32N2O7. The average Bonchev–Trinajstić information content (AvgIpc) is 3.52.